The topological polar surface area (TPSA) is 103 Å². The van der Waals surface area contributed by atoms with Gasteiger partial charge in [-0.1, -0.05) is 53.7 Å². The van der Waals surface area contributed by atoms with Crippen LogP contribution in [0.15, 0.2) is 67.0 Å². The van der Waals surface area contributed by atoms with Crippen molar-refractivity contribution in [2.24, 2.45) is 0 Å². The summed E-state index contributed by atoms with van der Waals surface area (Å²) in [7, 11) is 0. The lowest BCUT2D eigenvalue weighted by Crippen LogP contribution is -2.14. The molecule has 154 valence electrons. The highest BCUT2D eigenvalue weighted by atomic mass is 16.5. The van der Waals surface area contributed by atoms with Crippen molar-refractivity contribution in [2.45, 2.75) is 19.5 Å². The van der Waals surface area contributed by atoms with Crippen molar-refractivity contribution in [3.8, 4) is 6.07 Å². The van der Waals surface area contributed by atoms with Crippen LogP contribution in [0.1, 0.15) is 32.8 Å². The molecular weight excluding hydrogens is 394 g/mol. The van der Waals surface area contributed by atoms with Gasteiger partial charge in [-0.15, -0.1) is 5.10 Å². The van der Waals surface area contributed by atoms with Gasteiger partial charge in [0.2, 0.25) is 5.78 Å². The number of nitriles is 1. The Labute approximate surface area is 178 Å². The van der Waals surface area contributed by atoms with Gasteiger partial charge in [-0.25, -0.2) is 9.48 Å². The summed E-state index contributed by atoms with van der Waals surface area (Å²) >= 11 is 0. The fourth-order valence-electron chi connectivity index (χ4n) is 3.35. The third-order valence-electron chi connectivity index (χ3n) is 4.82. The predicted molar refractivity (Wildman–Crippen MR) is 112 cm³/mol. The number of hydrogen-bond donors (Lipinski definition) is 0. The van der Waals surface area contributed by atoms with Gasteiger partial charge >= 0.3 is 5.97 Å². The molecule has 2 aromatic carbocycles. The summed E-state index contributed by atoms with van der Waals surface area (Å²) < 4.78 is 8.58. The summed E-state index contributed by atoms with van der Waals surface area (Å²) in [5, 5.41) is 17.4. The fourth-order valence-corrected chi connectivity index (χ4v) is 3.35. The zero-order chi connectivity index (χ0) is 21.6. The molecule has 0 spiro atoms. The van der Waals surface area contributed by atoms with Gasteiger partial charge in [0, 0.05) is 29.2 Å². The van der Waals surface area contributed by atoms with E-state index in [1.54, 1.807) is 6.20 Å². The summed E-state index contributed by atoms with van der Waals surface area (Å²) in [5.74, 6) is -1.03. The second-order valence-corrected chi connectivity index (χ2v) is 6.95. The summed E-state index contributed by atoms with van der Waals surface area (Å²) in [6.45, 7) is 0.549. The number of aryl methyl sites for hydroxylation is 1. The van der Waals surface area contributed by atoms with E-state index in [9.17, 15) is 9.59 Å². The average Bonchev–Trinajstić information content (AvgIpc) is 3.41. The molecule has 0 aliphatic heterocycles. The molecule has 0 saturated carbocycles. The minimum atomic E-state index is -0.708. The van der Waals surface area contributed by atoms with E-state index in [1.807, 2.05) is 59.2 Å². The van der Waals surface area contributed by atoms with Crippen LogP contribution in [0.4, 0.5) is 0 Å². The molecule has 31 heavy (non-hydrogen) atoms. The highest BCUT2D eigenvalue weighted by Crippen LogP contribution is 2.22. The van der Waals surface area contributed by atoms with E-state index in [0.29, 0.717) is 25.1 Å². The number of carbonyl (C=O) groups excluding carboxylic acids is 2. The minimum Gasteiger partial charge on any atom is -0.452 e. The predicted octanol–water partition coefficient (Wildman–Crippen LogP) is 3.23. The van der Waals surface area contributed by atoms with Gasteiger partial charge < -0.3 is 9.30 Å². The van der Waals surface area contributed by atoms with Gasteiger partial charge in [-0.3, -0.25) is 4.79 Å². The van der Waals surface area contributed by atoms with Crippen LogP contribution in [0.3, 0.4) is 0 Å². The lowest BCUT2D eigenvalue weighted by molar-refractivity contribution is 0.0469. The van der Waals surface area contributed by atoms with Crippen molar-refractivity contribution in [2.75, 3.05) is 6.61 Å². The number of ketones is 1. The Morgan fingerprint density at radius 1 is 1.03 bits per heavy atom. The number of para-hydroxylation sites is 1. The number of hydrogen-bond acceptors (Lipinski definition) is 6. The molecule has 0 radical (unpaired) electrons. The molecule has 2 aromatic heterocycles. The Balaban J connectivity index is 1.42. The molecular formula is C23H19N5O3. The maximum absolute atomic E-state index is 12.7. The Hall–Kier alpha value is -4.25. The largest absolute Gasteiger partial charge is 0.452 e. The molecule has 8 heteroatoms. The first kappa shape index (κ1) is 20.0. The Bertz CT molecular complexity index is 1270. The molecule has 0 aliphatic carbocycles. The standard InChI is InChI=1S/C23H19N5O3/c24-11-6-12-27-14-19(18-9-4-5-10-21(18)27)22(29)16-31-23(30)20-15-28(26-25-20)13-17-7-2-1-3-8-17/h1-5,7-10,14-15H,6,12-13,16H2. The van der Waals surface area contributed by atoms with Gasteiger partial charge in [-0.05, 0) is 11.6 Å². The normalized spacial score (nSPS) is 10.7. The zero-order valence-corrected chi connectivity index (χ0v) is 16.6. The van der Waals surface area contributed by atoms with E-state index < -0.39 is 12.6 Å². The number of benzene rings is 2. The third kappa shape index (κ3) is 4.51. The molecule has 0 fully saturated rings. The minimum absolute atomic E-state index is 0.0418. The van der Waals surface area contributed by atoms with E-state index in [2.05, 4.69) is 16.4 Å². The summed E-state index contributed by atoms with van der Waals surface area (Å²) in [6, 6.07) is 19.2. The molecule has 0 atom stereocenters. The van der Waals surface area contributed by atoms with Gasteiger partial charge in [0.15, 0.2) is 12.3 Å². The number of rotatable bonds is 8. The summed E-state index contributed by atoms with van der Waals surface area (Å²) in [4.78, 5) is 25.1. The lowest BCUT2D eigenvalue weighted by atomic mass is 10.1. The van der Waals surface area contributed by atoms with Crippen molar-refractivity contribution in [1.29, 1.82) is 5.26 Å². The Kier molecular flexibility index (Phi) is 5.85. The first-order valence-electron chi connectivity index (χ1n) is 9.75. The van der Waals surface area contributed by atoms with E-state index in [0.717, 1.165) is 16.5 Å². The average molecular weight is 413 g/mol. The van der Waals surface area contributed by atoms with Crippen LogP contribution < -0.4 is 0 Å². The molecule has 0 unspecified atom stereocenters. The van der Waals surface area contributed by atoms with Crippen LogP contribution >= 0.6 is 0 Å². The van der Waals surface area contributed by atoms with Crippen molar-refractivity contribution < 1.29 is 14.3 Å². The maximum atomic E-state index is 12.7. The second kappa shape index (κ2) is 9.05. The molecule has 4 rings (SSSR count). The SMILES string of the molecule is N#CCCn1cc(C(=O)COC(=O)c2cn(Cc3ccccc3)nn2)c2ccccc21. The van der Waals surface area contributed by atoms with E-state index in [4.69, 9.17) is 10.00 Å². The number of esters is 1. The highest BCUT2D eigenvalue weighted by Gasteiger charge is 2.19. The monoisotopic (exact) mass is 413 g/mol. The molecule has 0 saturated heterocycles. The first-order valence-corrected chi connectivity index (χ1v) is 9.75. The van der Waals surface area contributed by atoms with Crippen LogP contribution in [0.25, 0.3) is 10.9 Å². The summed E-state index contributed by atoms with van der Waals surface area (Å²) in [5.41, 5.74) is 2.38. The quantitative estimate of drug-likeness (QED) is 0.325. The highest BCUT2D eigenvalue weighted by molar-refractivity contribution is 6.09. The number of fused-ring (bicyclic) bond motifs is 1. The van der Waals surface area contributed by atoms with Crippen molar-refractivity contribution in [1.82, 2.24) is 19.6 Å². The van der Waals surface area contributed by atoms with Gasteiger partial charge in [-0.2, -0.15) is 5.26 Å². The molecule has 0 N–H and O–H groups in total. The van der Waals surface area contributed by atoms with Crippen molar-refractivity contribution >= 4 is 22.7 Å². The van der Waals surface area contributed by atoms with Crippen LogP contribution in [-0.2, 0) is 17.8 Å². The summed E-state index contributed by atoms with van der Waals surface area (Å²) in [6.07, 6.45) is 3.53. The number of carbonyl (C=O) groups is 2. The van der Waals surface area contributed by atoms with Gasteiger partial charge in [0.1, 0.15) is 0 Å². The van der Waals surface area contributed by atoms with E-state index in [-0.39, 0.29) is 11.5 Å². The molecule has 0 amide bonds. The van der Waals surface area contributed by atoms with Crippen LogP contribution in [0.5, 0.6) is 0 Å². The third-order valence-corrected chi connectivity index (χ3v) is 4.82. The van der Waals surface area contributed by atoms with Crippen LogP contribution in [0.2, 0.25) is 0 Å². The Morgan fingerprint density at radius 2 is 1.81 bits per heavy atom. The van der Waals surface area contributed by atoms with Crippen molar-refractivity contribution in [3.05, 3.63) is 83.8 Å². The number of Topliss-reactive ketones (excluding diaryl/α,β-unsaturated/α-hetero) is 1. The van der Waals surface area contributed by atoms with Gasteiger partial charge in [0.25, 0.3) is 0 Å². The second-order valence-electron chi connectivity index (χ2n) is 6.95. The smallest absolute Gasteiger partial charge is 0.360 e. The molecule has 2 heterocycles. The molecule has 4 aromatic rings. The fraction of sp³-hybridized carbons (Fsp3) is 0.174. The van der Waals surface area contributed by atoms with E-state index in [1.165, 1.54) is 10.9 Å². The number of aromatic nitrogens is 4. The van der Waals surface area contributed by atoms with Crippen LogP contribution in [0, 0.1) is 11.3 Å². The lowest BCUT2D eigenvalue weighted by Gasteiger charge is -2.02. The molecule has 8 nitrogen and oxygen atoms in total. The first-order chi connectivity index (χ1) is 15.2. The van der Waals surface area contributed by atoms with Crippen LogP contribution in [-0.4, -0.2) is 37.9 Å². The maximum Gasteiger partial charge on any atom is 0.360 e. The van der Waals surface area contributed by atoms with E-state index >= 15 is 0 Å². The number of ether oxygens (including phenoxy) is 1. The van der Waals surface area contributed by atoms with Gasteiger partial charge in [0.05, 0.1) is 25.2 Å². The molecule has 0 aliphatic rings. The zero-order valence-electron chi connectivity index (χ0n) is 16.6. The van der Waals surface area contributed by atoms with Crippen molar-refractivity contribution in [3.63, 3.8) is 0 Å². The Morgan fingerprint density at radius 3 is 2.61 bits per heavy atom. The number of nitrogens with zero attached hydrogens (tertiary/aromatic N) is 5. The molecule has 0 bridgehead atoms.